The van der Waals surface area contributed by atoms with Crippen molar-refractivity contribution >= 4 is 21.4 Å². The third-order valence-corrected chi connectivity index (χ3v) is 5.78. The maximum atomic E-state index is 12.6. The standard InChI is InChI=1S/C15H23N3O5S/c1-2-23-11-8-16-14-7-6-13(12-15(14)18(19)20)24(21,22)17-9-4-3-5-10-17/h6-7,12,16H,2-5,8-11H2,1H3. The van der Waals surface area contributed by atoms with E-state index in [9.17, 15) is 18.5 Å². The summed E-state index contributed by atoms with van der Waals surface area (Å²) in [5.74, 6) is 0. The van der Waals surface area contributed by atoms with Crippen LogP contribution in [0.3, 0.4) is 0 Å². The fourth-order valence-corrected chi connectivity index (χ4v) is 4.17. The SMILES string of the molecule is CCOCCNc1ccc(S(=O)(=O)N2CCCCC2)cc1[N+](=O)[O-]. The number of nitrogens with zero attached hydrogens (tertiary/aromatic N) is 2. The summed E-state index contributed by atoms with van der Waals surface area (Å²) in [7, 11) is -3.69. The molecule has 0 unspecified atom stereocenters. The lowest BCUT2D eigenvalue weighted by molar-refractivity contribution is -0.384. The van der Waals surface area contributed by atoms with Crippen LogP contribution in [0.1, 0.15) is 26.2 Å². The summed E-state index contributed by atoms with van der Waals surface area (Å²) < 4.78 is 31.8. The molecule has 134 valence electrons. The number of nitro benzene ring substituents is 1. The molecule has 1 aromatic carbocycles. The van der Waals surface area contributed by atoms with Crippen LogP contribution >= 0.6 is 0 Å². The first-order chi connectivity index (χ1) is 11.5. The fourth-order valence-electron chi connectivity index (χ4n) is 2.63. The number of rotatable bonds is 8. The molecule has 1 heterocycles. The number of sulfonamides is 1. The zero-order chi connectivity index (χ0) is 17.6. The molecule has 0 saturated carbocycles. The van der Waals surface area contributed by atoms with E-state index >= 15 is 0 Å². The Bertz CT molecular complexity index is 672. The van der Waals surface area contributed by atoms with Gasteiger partial charge in [0.05, 0.1) is 16.4 Å². The second kappa shape index (κ2) is 8.41. The van der Waals surface area contributed by atoms with Gasteiger partial charge in [0.25, 0.3) is 5.69 Å². The molecule has 9 heteroatoms. The summed E-state index contributed by atoms with van der Waals surface area (Å²) >= 11 is 0. The van der Waals surface area contributed by atoms with Gasteiger partial charge in [-0.25, -0.2) is 8.42 Å². The van der Waals surface area contributed by atoms with Crippen LogP contribution in [0.15, 0.2) is 23.1 Å². The highest BCUT2D eigenvalue weighted by Crippen LogP contribution is 2.29. The van der Waals surface area contributed by atoms with Gasteiger partial charge in [-0.3, -0.25) is 10.1 Å². The van der Waals surface area contributed by atoms with Crippen LogP contribution in [0, 0.1) is 10.1 Å². The largest absolute Gasteiger partial charge is 0.380 e. The predicted molar refractivity (Wildman–Crippen MR) is 90.7 cm³/mol. The van der Waals surface area contributed by atoms with E-state index in [1.54, 1.807) is 0 Å². The van der Waals surface area contributed by atoms with Crippen LogP contribution < -0.4 is 5.32 Å². The minimum absolute atomic E-state index is 0.0357. The lowest BCUT2D eigenvalue weighted by Gasteiger charge is -2.25. The zero-order valence-corrected chi connectivity index (χ0v) is 14.5. The molecule has 0 atom stereocenters. The molecule has 0 aliphatic carbocycles. The molecule has 0 bridgehead atoms. The van der Waals surface area contributed by atoms with E-state index in [0.29, 0.717) is 32.8 Å². The van der Waals surface area contributed by atoms with E-state index in [4.69, 9.17) is 4.74 Å². The van der Waals surface area contributed by atoms with Gasteiger partial charge in [-0.1, -0.05) is 6.42 Å². The van der Waals surface area contributed by atoms with Crippen LogP contribution in [0.4, 0.5) is 11.4 Å². The molecule has 1 fully saturated rings. The summed E-state index contributed by atoms with van der Waals surface area (Å²) in [5.41, 5.74) is 0.0434. The van der Waals surface area contributed by atoms with Crippen LogP contribution in [-0.2, 0) is 14.8 Å². The summed E-state index contributed by atoms with van der Waals surface area (Å²) in [6.07, 6.45) is 2.64. The van der Waals surface area contributed by atoms with Gasteiger partial charge in [0, 0.05) is 32.3 Å². The van der Waals surface area contributed by atoms with E-state index < -0.39 is 14.9 Å². The third-order valence-electron chi connectivity index (χ3n) is 3.88. The smallest absolute Gasteiger partial charge is 0.293 e. The monoisotopic (exact) mass is 357 g/mol. The second-order valence-electron chi connectivity index (χ2n) is 5.52. The van der Waals surface area contributed by atoms with Gasteiger partial charge in [-0.2, -0.15) is 4.31 Å². The van der Waals surface area contributed by atoms with Crippen molar-refractivity contribution < 1.29 is 18.1 Å². The van der Waals surface area contributed by atoms with Crippen LogP contribution in [-0.4, -0.2) is 50.5 Å². The Morgan fingerprint density at radius 3 is 2.62 bits per heavy atom. The Hall–Kier alpha value is -1.71. The highest BCUT2D eigenvalue weighted by Gasteiger charge is 2.28. The Balaban J connectivity index is 2.22. The number of hydrogen-bond acceptors (Lipinski definition) is 6. The summed E-state index contributed by atoms with van der Waals surface area (Å²) in [4.78, 5) is 10.7. The van der Waals surface area contributed by atoms with Gasteiger partial charge in [0.2, 0.25) is 10.0 Å². The molecule has 1 saturated heterocycles. The lowest BCUT2D eigenvalue weighted by Crippen LogP contribution is -2.35. The minimum atomic E-state index is -3.69. The van der Waals surface area contributed by atoms with E-state index in [-0.39, 0.29) is 16.3 Å². The Morgan fingerprint density at radius 1 is 1.29 bits per heavy atom. The van der Waals surface area contributed by atoms with Crippen LogP contribution in [0.2, 0.25) is 0 Å². The summed E-state index contributed by atoms with van der Waals surface area (Å²) in [5, 5.41) is 14.2. The molecule has 24 heavy (non-hydrogen) atoms. The molecule has 8 nitrogen and oxygen atoms in total. The lowest BCUT2D eigenvalue weighted by atomic mass is 10.2. The number of anilines is 1. The average molecular weight is 357 g/mol. The van der Waals surface area contributed by atoms with E-state index in [1.165, 1.54) is 16.4 Å². The predicted octanol–water partition coefficient (Wildman–Crippen LogP) is 2.22. The van der Waals surface area contributed by atoms with Crippen LogP contribution in [0.25, 0.3) is 0 Å². The molecule has 0 spiro atoms. The van der Waals surface area contributed by atoms with Gasteiger partial charge in [-0.15, -0.1) is 0 Å². The highest BCUT2D eigenvalue weighted by atomic mass is 32.2. The normalized spacial score (nSPS) is 16.0. The Morgan fingerprint density at radius 2 is 2.00 bits per heavy atom. The zero-order valence-electron chi connectivity index (χ0n) is 13.7. The Labute approximate surface area is 142 Å². The van der Waals surface area contributed by atoms with Crippen molar-refractivity contribution in [3.63, 3.8) is 0 Å². The number of benzene rings is 1. The maximum Gasteiger partial charge on any atom is 0.293 e. The molecule has 1 aliphatic rings. The van der Waals surface area contributed by atoms with E-state index in [1.807, 2.05) is 6.92 Å². The molecular formula is C15H23N3O5S. The number of ether oxygens (including phenoxy) is 1. The van der Waals surface area contributed by atoms with Crippen molar-refractivity contribution in [3.05, 3.63) is 28.3 Å². The fraction of sp³-hybridized carbons (Fsp3) is 0.600. The number of nitro groups is 1. The van der Waals surface area contributed by atoms with Crippen molar-refractivity contribution in [2.24, 2.45) is 0 Å². The third kappa shape index (κ3) is 4.43. The first-order valence-electron chi connectivity index (χ1n) is 8.07. The van der Waals surface area contributed by atoms with Gasteiger partial charge in [-0.05, 0) is 31.9 Å². The van der Waals surface area contributed by atoms with Crippen molar-refractivity contribution in [2.45, 2.75) is 31.1 Å². The van der Waals surface area contributed by atoms with Crippen molar-refractivity contribution in [1.82, 2.24) is 4.31 Å². The van der Waals surface area contributed by atoms with E-state index in [2.05, 4.69) is 5.32 Å². The molecular weight excluding hydrogens is 334 g/mol. The maximum absolute atomic E-state index is 12.6. The quantitative estimate of drug-likeness (QED) is 0.435. The Kier molecular flexibility index (Phi) is 6.52. The number of nitrogens with one attached hydrogen (secondary N) is 1. The second-order valence-corrected chi connectivity index (χ2v) is 7.46. The molecule has 0 amide bonds. The average Bonchev–Trinajstić information content (AvgIpc) is 2.59. The first-order valence-corrected chi connectivity index (χ1v) is 9.51. The molecule has 0 radical (unpaired) electrons. The number of hydrogen-bond donors (Lipinski definition) is 1. The molecule has 1 aromatic rings. The topological polar surface area (TPSA) is 102 Å². The first kappa shape index (κ1) is 18.6. The van der Waals surface area contributed by atoms with Gasteiger partial charge in [0.15, 0.2) is 0 Å². The molecule has 2 rings (SSSR count). The molecule has 0 aromatic heterocycles. The molecule has 1 aliphatic heterocycles. The minimum Gasteiger partial charge on any atom is -0.380 e. The highest BCUT2D eigenvalue weighted by molar-refractivity contribution is 7.89. The van der Waals surface area contributed by atoms with Gasteiger partial charge >= 0.3 is 0 Å². The van der Waals surface area contributed by atoms with Crippen molar-refractivity contribution in [2.75, 3.05) is 38.2 Å². The van der Waals surface area contributed by atoms with Crippen molar-refractivity contribution in [3.8, 4) is 0 Å². The van der Waals surface area contributed by atoms with Crippen LogP contribution in [0.5, 0.6) is 0 Å². The summed E-state index contributed by atoms with van der Waals surface area (Å²) in [6, 6.07) is 3.99. The number of piperidine rings is 1. The molecule has 1 N–H and O–H groups in total. The van der Waals surface area contributed by atoms with Crippen molar-refractivity contribution in [1.29, 1.82) is 0 Å². The summed E-state index contributed by atoms with van der Waals surface area (Å²) in [6.45, 7) is 4.18. The van der Waals surface area contributed by atoms with Gasteiger partial charge < -0.3 is 10.1 Å². The van der Waals surface area contributed by atoms with E-state index in [0.717, 1.165) is 25.3 Å². The van der Waals surface area contributed by atoms with Gasteiger partial charge in [0.1, 0.15) is 5.69 Å².